The third kappa shape index (κ3) is 3.12. The zero-order valence-electron chi connectivity index (χ0n) is 12.3. The van der Waals surface area contributed by atoms with Crippen LogP contribution in [0.15, 0.2) is 0 Å². The summed E-state index contributed by atoms with van der Waals surface area (Å²) in [6.45, 7) is 1.95. The summed E-state index contributed by atoms with van der Waals surface area (Å²) in [6.07, 6.45) is 4.40. The Morgan fingerprint density at radius 3 is 2.00 bits per heavy atom. The first-order chi connectivity index (χ1) is 9.39. The molecule has 21 heavy (non-hydrogen) atoms. The van der Waals surface area contributed by atoms with Crippen molar-refractivity contribution in [3.63, 3.8) is 0 Å². The van der Waals surface area contributed by atoms with Gasteiger partial charge in [-0.25, -0.2) is 17.3 Å². The lowest BCUT2D eigenvalue weighted by Crippen LogP contribution is -2.68. The largest absolute Gasteiger partial charge is 0.342 e. The molecule has 0 aromatic heterocycles. The molecule has 1 N–H and O–H groups in total. The minimum atomic E-state index is -3.63. The number of hydrogen-bond acceptors (Lipinski definition) is 6. The van der Waals surface area contributed by atoms with Crippen LogP contribution in [0.2, 0.25) is 0 Å². The quantitative estimate of drug-likeness (QED) is 0.734. The molecule has 2 saturated carbocycles. The molecule has 4 rings (SSSR count). The van der Waals surface area contributed by atoms with E-state index in [0.717, 1.165) is 12.5 Å². The second-order valence-electron chi connectivity index (χ2n) is 7.00. The Morgan fingerprint density at radius 1 is 1.05 bits per heavy atom. The zero-order chi connectivity index (χ0) is 15.7. The predicted molar refractivity (Wildman–Crippen MR) is 75.4 cm³/mol. The first kappa shape index (κ1) is 15.7. The monoisotopic (exact) mass is 339 g/mol. The SMILES string of the molecule is CC12C[C@@H]3CC(OS(C)(=O)=O)(C[C@H](C1)C3NS(C)(=O)=O)O2. The summed E-state index contributed by atoms with van der Waals surface area (Å²) in [6, 6.07) is -0.159. The van der Waals surface area contributed by atoms with E-state index in [0.29, 0.717) is 25.7 Å². The molecule has 4 bridgehead atoms. The van der Waals surface area contributed by atoms with E-state index >= 15 is 0 Å². The van der Waals surface area contributed by atoms with E-state index in [4.69, 9.17) is 8.92 Å². The van der Waals surface area contributed by atoms with Gasteiger partial charge in [-0.1, -0.05) is 0 Å². The molecule has 0 radical (unpaired) electrons. The van der Waals surface area contributed by atoms with E-state index in [9.17, 15) is 16.8 Å². The third-order valence-corrected chi connectivity index (χ3v) is 5.94. The smallest absolute Gasteiger partial charge is 0.267 e. The number of ether oxygens (including phenoxy) is 1. The van der Waals surface area contributed by atoms with E-state index < -0.39 is 31.5 Å². The molecule has 2 aliphatic carbocycles. The molecular weight excluding hydrogens is 318 g/mol. The number of rotatable bonds is 4. The van der Waals surface area contributed by atoms with Crippen LogP contribution < -0.4 is 4.72 Å². The molecule has 5 atom stereocenters. The van der Waals surface area contributed by atoms with Crippen LogP contribution in [0.5, 0.6) is 0 Å². The van der Waals surface area contributed by atoms with Gasteiger partial charge in [-0.05, 0) is 31.6 Å². The second-order valence-corrected chi connectivity index (χ2v) is 10.4. The Kier molecular flexibility index (Phi) is 3.29. The summed E-state index contributed by atoms with van der Waals surface area (Å²) in [4.78, 5) is 0. The lowest BCUT2D eigenvalue weighted by atomic mass is 9.59. The van der Waals surface area contributed by atoms with Crippen molar-refractivity contribution in [2.45, 2.75) is 50.0 Å². The van der Waals surface area contributed by atoms with Crippen molar-refractivity contribution in [1.29, 1.82) is 0 Å². The van der Waals surface area contributed by atoms with E-state index in [-0.39, 0.29) is 17.9 Å². The molecule has 4 fully saturated rings. The van der Waals surface area contributed by atoms with Gasteiger partial charge in [0.2, 0.25) is 10.0 Å². The van der Waals surface area contributed by atoms with Crippen molar-refractivity contribution in [3.8, 4) is 0 Å². The second kappa shape index (κ2) is 4.41. The molecular formula is C12H21NO6S2. The minimum absolute atomic E-state index is 0.0349. The van der Waals surface area contributed by atoms with Crippen LogP contribution in [0.1, 0.15) is 32.6 Å². The average Bonchev–Trinajstić information content (AvgIpc) is 2.16. The van der Waals surface area contributed by atoms with Gasteiger partial charge in [0.25, 0.3) is 10.1 Å². The lowest BCUT2D eigenvalue weighted by molar-refractivity contribution is -0.340. The van der Waals surface area contributed by atoms with E-state index in [2.05, 4.69) is 4.72 Å². The van der Waals surface area contributed by atoms with Crippen molar-refractivity contribution in [2.75, 3.05) is 12.5 Å². The number of nitrogens with one attached hydrogen (secondary N) is 1. The summed E-state index contributed by atoms with van der Waals surface area (Å²) in [5.41, 5.74) is -0.438. The maximum Gasteiger partial charge on any atom is 0.267 e. The van der Waals surface area contributed by atoms with E-state index in [1.807, 2.05) is 6.92 Å². The van der Waals surface area contributed by atoms with Crippen molar-refractivity contribution in [3.05, 3.63) is 0 Å². The van der Waals surface area contributed by atoms with Crippen LogP contribution in [0.3, 0.4) is 0 Å². The molecule has 4 aliphatic rings. The Hall–Kier alpha value is -0.220. The van der Waals surface area contributed by atoms with Gasteiger partial charge < -0.3 is 4.74 Å². The fourth-order valence-corrected chi connectivity index (χ4v) is 6.13. The molecule has 122 valence electrons. The first-order valence-corrected chi connectivity index (χ1v) is 10.7. The van der Waals surface area contributed by atoms with Crippen LogP contribution in [0.25, 0.3) is 0 Å². The van der Waals surface area contributed by atoms with Crippen LogP contribution in [-0.2, 0) is 29.1 Å². The Bertz CT molecular complexity index is 639. The third-order valence-electron chi connectivity index (χ3n) is 4.64. The van der Waals surface area contributed by atoms with Crippen molar-refractivity contribution in [1.82, 2.24) is 4.72 Å². The van der Waals surface area contributed by atoms with Crippen LogP contribution >= 0.6 is 0 Å². The van der Waals surface area contributed by atoms with Crippen molar-refractivity contribution < 1.29 is 25.8 Å². The molecule has 0 aromatic carbocycles. The highest BCUT2D eigenvalue weighted by atomic mass is 32.2. The fraction of sp³-hybridized carbons (Fsp3) is 1.00. The van der Waals surface area contributed by atoms with Crippen LogP contribution in [-0.4, -0.2) is 46.8 Å². The molecule has 2 heterocycles. The fourth-order valence-electron chi connectivity index (χ4n) is 4.53. The average molecular weight is 339 g/mol. The van der Waals surface area contributed by atoms with Crippen molar-refractivity contribution >= 4 is 20.1 Å². The summed E-state index contributed by atoms with van der Waals surface area (Å²) >= 11 is 0. The molecule has 0 amide bonds. The van der Waals surface area contributed by atoms with Crippen LogP contribution in [0, 0.1) is 11.8 Å². The summed E-state index contributed by atoms with van der Waals surface area (Å²) in [5, 5.41) is 0. The molecule has 0 spiro atoms. The Balaban J connectivity index is 1.90. The van der Waals surface area contributed by atoms with E-state index in [1.54, 1.807) is 0 Å². The number of sulfonamides is 1. The topological polar surface area (TPSA) is 98.8 Å². The standard InChI is InChI=1S/C12H21NO6S2/c1-11-4-8-6-12(18-11,19-21(3,16)17)7-9(5-11)10(8)13-20(2,14)15/h8-10,13H,4-7H2,1-3H3/t8-,9+,10?,11?,12?. The highest BCUT2D eigenvalue weighted by Gasteiger charge is 2.63. The molecule has 9 heteroatoms. The van der Waals surface area contributed by atoms with Gasteiger partial charge in [0.1, 0.15) is 0 Å². The Morgan fingerprint density at radius 2 is 1.57 bits per heavy atom. The van der Waals surface area contributed by atoms with Gasteiger partial charge in [0.05, 0.1) is 18.1 Å². The molecule has 2 saturated heterocycles. The number of hydrogen-bond donors (Lipinski definition) is 1. The zero-order valence-corrected chi connectivity index (χ0v) is 14.0. The summed E-state index contributed by atoms with van der Waals surface area (Å²) < 4.78 is 60.1. The van der Waals surface area contributed by atoms with Crippen LogP contribution in [0.4, 0.5) is 0 Å². The molecule has 3 unspecified atom stereocenters. The van der Waals surface area contributed by atoms with Gasteiger partial charge in [0.15, 0.2) is 5.79 Å². The van der Waals surface area contributed by atoms with Gasteiger partial charge in [-0.3, -0.25) is 0 Å². The maximum atomic E-state index is 11.5. The van der Waals surface area contributed by atoms with E-state index in [1.165, 1.54) is 0 Å². The molecule has 7 nitrogen and oxygen atoms in total. The minimum Gasteiger partial charge on any atom is -0.342 e. The van der Waals surface area contributed by atoms with Gasteiger partial charge in [-0.15, -0.1) is 0 Å². The predicted octanol–water partition coefficient (Wildman–Crippen LogP) is 0.186. The van der Waals surface area contributed by atoms with Gasteiger partial charge in [0, 0.05) is 18.9 Å². The lowest BCUT2D eigenvalue weighted by Gasteiger charge is -2.62. The highest BCUT2D eigenvalue weighted by molar-refractivity contribution is 7.88. The summed E-state index contributed by atoms with van der Waals surface area (Å²) in [7, 11) is -6.92. The van der Waals surface area contributed by atoms with Gasteiger partial charge in [-0.2, -0.15) is 8.42 Å². The maximum absolute atomic E-state index is 11.5. The van der Waals surface area contributed by atoms with Gasteiger partial charge >= 0.3 is 0 Å². The Labute approximate surface area is 125 Å². The summed E-state index contributed by atoms with van der Waals surface area (Å²) in [5.74, 6) is -1.05. The van der Waals surface area contributed by atoms with Crippen molar-refractivity contribution in [2.24, 2.45) is 11.8 Å². The normalized spacial score (nSPS) is 46.0. The highest BCUT2D eigenvalue weighted by Crippen LogP contribution is 2.58. The molecule has 0 aromatic rings. The first-order valence-electron chi connectivity index (χ1n) is 6.97. The molecule has 2 aliphatic heterocycles.